The molecule has 1 aliphatic carbocycles. The van der Waals surface area contributed by atoms with Crippen molar-refractivity contribution in [3.8, 4) is 6.07 Å². The Morgan fingerprint density at radius 1 is 1.07 bits per heavy atom. The molecule has 216 valence electrons. The predicted molar refractivity (Wildman–Crippen MR) is 155 cm³/mol. The molecule has 0 bridgehead atoms. The van der Waals surface area contributed by atoms with Crippen molar-refractivity contribution in [3.63, 3.8) is 0 Å². The Bertz CT molecular complexity index is 1120. The van der Waals surface area contributed by atoms with E-state index in [-0.39, 0.29) is 18.0 Å². The third-order valence-electron chi connectivity index (χ3n) is 7.79. The standard InChI is InChI=1S/C32H44N4O4/c1-31(2,3)40-30(38)36-20-7-12-28(36)24-29(37)35-19-8-17-34(21-22-35)18-9-23-39-32(25-33)15-13-27(14-16-32)26-10-5-4-6-11-26/h4-6,10-11,13-15,28H,7-9,12,16-24H2,1-3H3/t28-,32?/m0/s1. The Balaban J connectivity index is 1.18. The van der Waals surface area contributed by atoms with Crippen LogP contribution < -0.4 is 0 Å². The summed E-state index contributed by atoms with van der Waals surface area (Å²) in [5.74, 6) is 0.119. The number of amides is 2. The van der Waals surface area contributed by atoms with Gasteiger partial charge in [-0.15, -0.1) is 0 Å². The Labute approximate surface area is 239 Å². The molecule has 0 radical (unpaired) electrons. The van der Waals surface area contributed by atoms with Crippen LogP contribution in [0.3, 0.4) is 0 Å². The topological polar surface area (TPSA) is 86.1 Å². The second-order valence-corrected chi connectivity index (χ2v) is 12.0. The molecule has 8 nitrogen and oxygen atoms in total. The van der Waals surface area contributed by atoms with Crippen LogP contribution in [0.2, 0.25) is 0 Å². The number of likely N-dealkylation sites (tertiary alicyclic amines) is 1. The maximum atomic E-state index is 13.2. The average molecular weight is 549 g/mol. The molecule has 1 aromatic rings. The van der Waals surface area contributed by atoms with Crippen LogP contribution in [0.4, 0.5) is 4.79 Å². The first-order valence-electron chi connectivity index (χ1n) is 14.7. The summed E-state index contributed by atoms with van der Waals surface area (Å²) in [5, 5.41) is 9.83. The number of nitriles is 1. The van der Waals surface area contributed by atoms with Gasteiger partial charge >= 0.3 is 6.09 Å². The molecular weight excluding hydrogens is 504 g/mol. The van der Waals surface area contributed by atoms with Crippen LogP contribution in [-0.2, 0) is 14.3 Å². The second-order valence-electron chi connectivity index (χ2n) is 12.0. The van der Waals surface area contributed by atoms with Gasteiger partial charge in [-0.1, -0.05) is 42.5 Å². The fourth-order valence-corrected chi connectivity index (χ4v) is 5.61. The molecule has 1 aromatic carbocycles. The molecule has 0 saturated carbocycles. The maximum Gasteiger partial charge on any atom is 0.410 e. The highest BCUT2D eigenvalue weighted by Gasteiger charge is 2.35. The molecule has 0 spiro atoms. The lowest BCUT2D eigenvalue weighted by Gasteiger charge is -2.30. The van der Waals surface area contributed by atoms with E-state index in [0.717, 1.165) is 63.0 Å². The molecule has 1 unspecified atom stereocenters. The third kappa shape index (κ3) is 8.18. The Kier molecular flexibility index (Phi) is 10.0. The molecule has 0 N–H and O–H groups in total. The van der Waals surface area contributed by atoms with Crippen molar-refractivity contribution in [2.24, 2.45) is 0 Å². The van der Waals surface area contributed by atoms with Gasteiger partial charge in [-0.05, 0) is 70.2 Å². The summed E-state index contributed by atoms with van der Waals surface area (Å²) in [6.45, 7) is 10.8. The first kappa shape index (κ1) is 29.8. The number of nitrogens with zero attached hydrogens (tertiary/aromatic N) is 4. The lowest BCUT2D eigenvalue weighted by Crippen LogP contribution is -2.43. The number of hydrogen-bond donors (Lipinski definition) is 0. The van der Waals surface area contributed by atoms with Crippen LogP contribution in [0, 0.1) is 11.3 Å². The van der Waals surface area contributed by atoms with Crippen LogP contribution in [0.15, 0.2) is 48.6 Å². The van der Waals surface area contributed by atoms with E-state index in [1.54, 1.807) is 4.90 Å². The van der Waals surface area contributed by atoms with E-state index >= 15 is 0 Å². The molecule has 2 saturated heterocycles. The molecule has 8 heteroatoms. The van der Waals surface area contributed by atoms with Gasteiger partial charge in [0.15, 0.2) is 5.60 Å². The van der Waals surface area contributed by atoms with Gasteiger partial charge in [0.2, 0.25) is 5.91 Å². The Hall–Kier alpha value is -3.15. The number of hydrogen-bond acceptors (Lipinski definition) is 6. The van der Waals surface area contributed by atoms with Crippen LogP contribution >= 0.6 is 0 Å². The first-order valence-corrected chi connectivity index (χ1v) is 14.7. The SMILES string of the molecule is CC(C)(C)OC(=O)N1CCC[C@H]1CC(=O)N1CCCN(CCCOC2(C#N)C=CC(c3ccccc3)=CC2)CC1. The number of benzene rings is 1. The number of carbonyl (C=O) groups is 2. The largest absolute Gasteiger partial charge is 0.444 e. The first-order chi connectivity index (χ1) is 19.2. The average Bonchev–Trinajstić information content (AvgIpc) is 3.27. The smallest absolute Gasteiger partial charge is 0.410 e. The van der Waals surface area contributed by atoms with E-state index in [0.29, 0.717) is 32.5 Å². The van der Waals surface area contributed by atoms with E-state index in [4.69, 9.17) is 9.47 Å². The van der Waals surface area contributed by atoms with Gasteiger partial charge in [0.1, 0.15) is 11.7 Å². The normalized spacial score (nSPS) is 23.9. The molecule has 3 aliphatic rings. The maximum absolute atomic E-state index is 13.2. The summed E-state index contributed by atoms with van der Waals surface area (Å²) in [6.07, 6.45) is 10.0. The molecule has 40 heavy (non-hydrogen) atoms. The highest BCUT2D eigenvalue weighted by molar-refractivity contribution is 5.78. The van der Waals surface area contributed by atoms with Gasteiger partial charge in [0.05, 0.1) is 6.61 Å². The summed E-state index contributed by atoms with van der Waals surface area (Å²) >= 11 is 0. The molecular formula is C32H44N4O4. The van der Waals surface area contributed by atoms with Crippen LogP contribution in [0.5, 0.6) is 0 Å². The zero-order valence-corrected chi connectivity index (χ0v) is 24.3. The second kappa shape index (κ2) is 13.5. The molecule has 2 amide bonds. The van der Waals surface area contributed by atoms with Gasteiger partial charge < -0.3 is 24.2 Å². The summed E-state index contributed by atoms with van der Waals surface area (Å²) in [6, 6.07) is 12.4. The molecule has 2 atom stereocenters. The summed E-state index contributed by atoms with van der Waals surface area (Å²) in [4.78, 5) is 31.8. The minimum Gasteiger partial charge on any atom is -0.444 e. The molecule has 2 heterocycles. The van der Waals surface area contributed by atoms with E-state index < -0.39 is 11.2 Å². The third-order valence-corrected chi connectivity index (χ3v) is 7.79. The van der Waals surface area contributed by atoms with E-state index in [2.05, 4.69) is 29.2 Å². The van der Waals surface area contributed by atoms with Crippen LogP contribution in [0.25, 0.3) is 5.57 Å². The minimum atomic E-state index is -0.909. The van der Waals surface area contributed by atoms with E-state index in [1.165, 1.54) is 0 Å². The van der Waals surface area contributed by atoms with E-state index in [9.17, 15) is 14.9 Å². The van der Waals surface area contributed by atoms with Crippen LogP contribution in [-0.4, -0.2) is 89.8 Å². The predicted octanol–water partition coefficient (Wildman–Crippen LogP) is 5.02. The van der Waals surface area contributed by atoms with Crippen molar-refractivity contribution in [2.75, 3.05) is 45.9 Å². The Morgan fingerprint density at radius 2 is 1.88 bits per heavy atom. The number of rotatable bonds is 8. The number of allylic oxidation sites excluding steroid dienone is 2. The van der Waals surface area contributed by atoms with Gasteiger partial charge in [0, 0.05) is 51.6 Å². The summed E-state index contributed by atoms with van der Waals surface area (Å²) in [7, 11) is 0. The van der Waals surface area contributed by atoms with Crippen molar-refractivity contribution in [1.82, 2.24) is 14.7 Å². The number of carbonyl (C=O) groups excluding carboxylic acids is 2. The highest BCUT2D eigenvalue weighted by atomic mass is 16.6. The van der Waals surface area contributed by atoms with Crippen molar-refractivity contribution in [2.45, 2.75) is 76.5 Å². The van der Waals surface area contributed by atoms with E-state index in [1.807, 2.05) is 56.0 Å². The van der Waals surface area contributed by atoms with Crippen LogP contribution in [0.1, 0.15) is 64.9 Å². The van der Waals surface area contributed by atoms with Crippen molar-refractivity contribution < 1.29 is 19.1 Å². The molecule has 2 aliphatic heterocycles. The zero-order valence-electron chi connectivity index (χ0n) is 24.3. The monoisotopic (exact) mass is 548 g/mol. The number of ether oxygens (including phenoxy) is 2. The van der Waals surface area contributed by atoms with Gasteiger partial charge in [-0.2, -0.15) is 5.26 Å². The fourth-order valence-electron chi connectivity index (χ4n) is 5.61. The van der Waals surface area contributed by atoms with Gasteiger partial charge in [-0.25, -0.2) is 4.79 Å². The zero-order chi connectivity index (χ0) is 28.6. The summed E-state index contributed by atoms with van der Waals surface area (Å²) in [5.41, 5.74) is 0.804. The van der Waals surface area contributed by atoms with Crippen molar-refractivity contribution in [1.29, 1.82) is 5.26 Å². The quantitative estimate of drug-likeness (QED) is 0.424. The van der Waals surface area contributed by atoms with Crippen molar-refractivity contribution in [3.05, 3.63) is 54.1 Å². The fraction of sp³-hybridized carbons (Fsp3) is 0.594. The Morgan fingerprint density at radius 3 is 2.58 bits per heavy atom. The highest BCUT2D eigenvalue weighted by Crippen LogP contribution is 2.29. The summed E-state index contributed by atoms with van der Waals surface area (Å²) < 4.78 is 11.6. The van der Waals surface area contributed by atoms with Crippen molar-refractivity contribution >= 4 is 17.6 Å². The molecule has 2 fully saturated rings. The minimum absolute atomic E-state index is 0.0845. The van der Waals surface area contributed by atoms with Gasteiger partial charge in [-0.3, -0.25) is 4.79 Å². The lowest BCUT2D eigenvalue weighted by molar-refractivity contribution is -0.132. The molecule has 0 aromatic heterocycles. The molecule has 4 rings (SSSR count). The van der Waals surface area contributed by atoms with Gasteiger partial charge in [0.25, 0.3) is 0 Å². The lowest BCUT2D eigenvalue weighted by atomic mass is 9.90.